The van der Waals surface area contributed by atoms with E-state index in [-0.39, 0.29) is 29.7 Å². The summed E-state index contributed by atoms with van der Waals surface area (Å²) in [5.74, 6) is -0.176. The van der Waals surface area contributed by atoms with Crippen molar-refractivity contribution < 1.29 is 19.1 Å². The minimum atomic E-state index is -0.297. The van der Waals surface area contributed by atoms with Crippen LogP contribution in [0.2, 0.25) is 0 Å². The normalized spacial score (nSPS) is 19.9. The number of halogens is 1. The topological polar surface area (TPSA) is 60.9 Å². The summed E-state index contributed by atoms with van der Waals surface area (Å²) in [7, 11) is 0. The summed E-state index contributed by atoms with van der Waals surface area (Å²) in [5, 5.41) is 9.02. The molecule has 1 aromatic carbocycles. The summed E-state index contributed by atoms with van der Waals surface area (Å²) in [4.78, 5) is 28.5. The van der Waals surface area contributed by atoms with Crippen molar-refractivity contribution >= 4 is 11.8 Å². The number of aryl methyl sites for hydroxylation is 1. The number of likely N-dealkylation sites (tertiary alicyclic amines) is 2. The monoisotopic (exact) mass is 362 g/mol. The smallest absolute Gasteiger partial charge is 0.253 e. The molecule has 5 nitrogen and oxygen atoms in total. The quantitative estimate of drug-likeness (QED) is 0.894. The highest BCUT2D eigenvalue weighted by molar-refractivity contribution is 5.94. The van der Waals surface area contributed by atoms with Gasteiger partial charge in [-0.3, -0.25) is 9.59 Å². The van der Waals surface area contributed by atoms with Crippen molar-refractivity contribution in [3.05, 3.63) is 35.1 Å². The molecule has 142 valence electrons. The molecule has 26 heavy (non-hydrogen) atoms. The number of hydrogen-bond acceptors (Lipinski definition) is 3. The fourth-order valence-electron chi connectivity index (χ4n) is 4.12. The average molecular weight is 362 g/mol. The van der Waals surface area contributed by atoms with E-state index in [0.29, 0.717) is 43.6 Å². The molecule has 0 aliphatic carbocycles. The molecule has 6 heteroatoms. The van der Waals surface area contributed by atoms with Crippen LogP contribution in [0.1, 0.15) is 48.0 Å². The van der Waals surface area contributed by atoms with Gasteiger partial charge in [0.05, 0.1) is 0 Å². The zero-order valence-electron chi connectivity index (χ0n) is 15.3. The molecular formula is C20H27FN2O3. The number of amides is 2. The Labute approximate surface area is 153 Å². The molecule has 1 spiro atoms. The lowest BCUT2D eigenvalue weighted by Crippen LogP contribution is -2.52. The van der Waals surface area contributed by atoms with E-state index in [1.165, 1.54) is 6.07 Å². The minimum absolute atomic E-state index is 0.0491. The lowest BCUT2D eigenvalue weighted by Gasteiger charge is -2.47. The highest BCUT2D eigenvalue weighted by Crippen LogP contribution is 2.40. The highest BCUT2D eigenvalue weighted by atomic mass is 19.1. The van der Waals surface area contributed by atoms with Gasteiger partial charge in [0, 0.05) is 44.8 Å². The summed E-state index contributed by atoms with van der Waals surface area (Å²) in [6.07, 6.45) is 3.79. The van der Waals surface area contributed by atoms with Crippen LogP contribution in [0, 0.1) is 18.2 Å². The van der Waals surface area contributed by atoms with Crippen LogP contribution in [-0.4, -0.2) is 59.5 Å². The Hall–Kier alpha value is -1.95. The molecule has 2 aliphatic heterocycles. The Morgan fingerprint density at radius 1 is 1.27 bits per heavy atom. The van der Waals surface area contributed by atoms with Crippen LogP contribution in [0.5, 0.6) is 0 Å². The zero-order chi connectivity index (χ0) is 18.7. The van der Waals surface area contributed by atoms with Gasteiger partial charge in [-0.05, 0) is 61.8 Å². The van der Waals surface area contributed by atoms with Gasteiger partial charge in [0.25, 0.3) is 5.91 Å². The number of piperidine rings is 2. The van der Waals surface area contributed by atoms with Gasteiger partial charge in [0.1, 0.15) is 5.82 Å². The molecule has 0 unspecified atom stereocenters. The van der Waals surface area contributed by atoms with E-state index in [9.17, 15) is 14.0 Å². The van der Waals surface area contributed by atoms with Crippen molar-refractivity contribution in [2.24, 2.45) is 5.41 Å². The third kappa shape index (κ3) is 3.90. The standard InChI is InChI=1S/C20H27FN2O3/c1-15-13-16(3-4-17(15)21)19(26)22-10-7-20(8-11-22)6-5-18(25)23(14-20)9-2-12-24/h3-4,13,24H,2,5-12,14H2,1H3. The van der Waals surface area contributed by atoms with Crippen LogP contribution < -0.4 is 0 Å². The van der Waals surface area contributed by atoms with Crippen LogP contribution in [0.3, 0.4) is 0 Å². The first kappa shape index (κ1) is 18.8. The van der Waals surface area contributed by atoms with Crippen molar-refractivity contribution in [1.29, 1.82) is 0 Å². The lowest BCUT2D eigenvalue weighted by molar-refractivity contribution is -0.139. The molecule has 2 aliphatic rings. The second-order valence-electron chi connectivity index (χ2n) is 7.65. The van der Waals surface area contributed by atoms with Crippen molar-refractivity contribution in [2.75, 3.05) is 32.8 Å². The van der Waals surface area contributed by atoms with Gasteiger partial charge in [-0.25, -0.2) is 4.39 Å². The largest absolute Gasteiger partial charge is 0.396 e. The molecule has 0 radical (unpaired) electrons. The number of benzene rings is 1. The van der Waals surface area contributed by atoms with Crippen molar-refractivity contribution in [1.82, 2.24) is 9.80 Å². The van der Waals surface area contributed by atoms with Crippen LogP contribution in [0.15, 0.2) is 18.2 Å². The number of aliphatic hydroxyl groups is 1. The van der Waals surface area contributed by atoms with Gasteiger partial charge in [-0.2, -0.15) is 0 Å². The number of carbonyl (C=O) groups excluding carboxylic acids is 2. The van der Waals surface area contributed by atoms with Gasteiger partial charge in [0.2, 0.25) is 5.91 Å². The highest BCUT2D eigenvalue weighted by Gasteiger charge is 2.41. The Kier molecular flexibility index (Phi) is 5.61. The number of carbonyl (C=O) groups is 2. The Morgan fingerprint density at radius 3 is 2.65 bits per heavy atom. The minimum Gasteiger partial charge on any atom is -0.396 e. The molecule has 2 heterocycles. The molecule has 2 amide bonds. The van der Waals surface area contributed by atoms with E-state index in [1.54, 1.807) is 19.1 Å². The lowest BCUT2D eigenvalue weighted by atomic mass is 9.72. The molecule has 2 saturated heterocycles. The van der Waals surface area contributed by atoms with Gasteiger partial charge >= 0.3 is 0 Å². The van der Waals surface area contributed by atoms with E-state index in [1.807, 2.05) is 9.80 Å². The predicted octanol–water partition coefficient (Wildman–Crippen LogP) is 2.36. The third-order valence-corrected chi connectivity index (χ3v) is 5.85. The average Bonchev–Trinajstić information content (AvgIpc) is 2.65. The zero-order valence-corrected chi connectivity index (χ0v) is 15.3. The molecule has 3 rings (SSSR count). The van der Waals surface area contributed by atoms with Gasteiger partial charge in [-0.15, -0.1) is 0 Å². The number of hydrogen-bond donors (Lipinski definition) is 1. The molecule has 0 atom stereocenters. The van der Waals surface area contributed by atoms with Crippen LogP contribution in [0.25, 0.3) is 0 Å². The fraction of sp³-hybridized carbons (Fsp3) is 0.600. The van der Waals surface area contributed by atoms with E-state index in [4.69, 9.17) is 5.11 Å². The summed E-state index contributed by atoms with van der Waals surface area (Å²) >= 11 is 0. The maximum absolute atomic E-state index is 13.4. The fourth-order valence-corrected chi connectivity index (χ4v) is 4.12. The van der Waals surface area contributed by atoms with Crippen molar-refractivity contribution in [3.63, 3.8) is 0 Å². The van der Waals surface area contributed by atoms with Gasteiger partial charge < -0.3 is 14.9 Å². The van der Waals surface area contributed by atoms with Gasteiger partial charge in [0.15, 0.2) is 0 Å². The molecule has 1 aromatic rings. The van der Waals surface area contributed by atoms with E-state index in [0.717, 1.165) is 25.8 Å². The van der Waals surface area contributed by atoms with Crippen molar-refractivity contribution in [2.45, 2.75) is 39.0 Å². The maximum atomic E-state index is 13.4. The maximum Gasteiger partial charge on any atom is 0.253 e. The Morgan fingerprint density at radius 2 is 2.00 bits per heavy atom. The summed E-state index contributed by atoms with van der Waals surface area (Å²) in [6.45, 7) is 4.42. The van der Waals surface area contributed by atoms with Crippen molar-refractivity contribution in [3.8, 4) is 0 Å². The van der Waals surface area contributed by atoms with Crippen LogP contribution in [0.4, 0.5) is 4.39 Å². The van der Waals surface area contributed by atoms with E-state index < -0.39 is 0 Å². The first-order valence-electron chi connectivity index (χ1n) is 9.38. The Bertz CT molecular complexity index is 684. The molecule has 2 fully saturated rings. The van der Waals surface area contributed by atoms with E-state index >= 15 is 0 Å². The SMILES string of the molecule is Cc1cc(C(=O)N2CCC3(CCC(=O)N(CCCO)C3)CC2)ccc1F. The van der Waals surface area contributed by atoms with Crippen LogP contribution in [-0.2, 0) is 4.79 Å². The summed E-state index contributed by atoms with van der Waals surface area (Å²) in [5.41, 5.74) is 1.09. The predicted molar refractivity (Wildman–Crippen MR) is 96.2 cm³/mol. The molecular weight excluding hydrogens is 335 g/mol. The third-order valence-electron chi connectivity index (χ3n) is 5.85. The first-order valence-corrected chi connectivity index (χ1v) is 9.38. The second-order valence-corrected chi connectivity index (χ2v) is 7.65. The van der Waals surface area contributed by atoms with Gasteiger partial charge in [-0.1, -0.05) is 0 Å². The molecule has 0 bridgehead atoms. The van der Waals surface area contributed by atoms with E-state index in [2.05, 4.69) is 0 Å². The number of nitrogens with zero attached hydrogens (tertiary/aromatic N) is 2. The number of aliphatic hydroxyl groups excluding tert-OH is 1. The van der Waals surface area contributed by atoms with Crippen LogP contribution >= 0.6 is 0 Å². The second kappa shape index (κ2) is 7.74. The number of rotatable bonds is 4. The molecule has 1 N–H and O–H groups in total. The summed E-state index contributed by atoms with van der Waals surface area (Å²) < 4.78 is 13.4. The molecule has 0 aromatic heterocycles. The first-order chi connectivity index (χ1) is 12.4. The summed E-state index contributed by atoms with van der Waals surface area (Å²) in [6, 6.07) is 4.50. The molecule has 0 saturated carbocycles. The Balaban J connectivity index is 1.62.